The van der Waals surface area contributed by atoms with Crippen molar-refractivity contribution in [2.24, 2.45) is 0 Å². The Morgan fingerprint density at radius 1 is 1.26 bits per heavy atom. The maximum absolute atomic E-state index is 12.2. The Hall–Kier alpha value is -2.37. The summed E-state index contributed by atoms with van der Waals surface area (Å²) < 4.78 is 5.27. The van der Waals surface area contributed by atoms with Gasteiger partial charge in [-0.05, 0) is 25.8 Å². The number of aromatic amines is 1. The van der Waals surface area contributed by atoms with Gasteiger partial charge in [0.1, 0.15) is 0 Å². The largest absolute Gasteiger partial charge is 0.448 e. The molecule has 122 valence electrons. The zero-order chi connectivity index (χ0) is 16.2. The summed E-state index contributed by atoms with van der Waals surface area (Å²) in [5, 5.41) is 10.4. The van der Waals surface area contributed by atoms with Gasteiger partial charge in [0.05, 0.1) is 5.52 Å². The number of H-pyrrole nitrogens is 1. The fourth-order valence-electron chi connectivity index (χ4n) is 2.95. The maximum atomic E-state index is 12.2. The van der Waals surface area contributed by atoms with Crippen LogP contribution in [0.2, 0.25) is 0 Å². The average Bonchev–Trinajstić information content (AvgIpc) is 2.99. The Bertz CT molecular complexity index is 704. The smallest absolute Gasteiger partial charge is 0.360 e. The number of carbonyl (C=O) groups excluding carboxylic acids is 2. The number of ether oxygens (including phenoxy) is 1. The van der Waals surface area contributed by atoms with Crippen LogP contribution in [0.5, 0.6) is 0 Å². The van der Waals surface area contributed by atoms with Gasteiger partial charge in [-0.3, -0.25) is 9.89 Å². The van der Waals surface area contributed by atoms with Crippen molar-refractivity contribution in [2.45, 2.75) is 51.2 Å². The fraction of sp³-hybridized carbons (Fsp3) is 0.471. The van der Waals surface area contributed by atoms with Gasteiger partial charge in [0.15, 0.2) is 11.8 Å². The minimum absolute atomic E-state index is 0.198. The first-order valence-electron chi connectivity index (χ1n) is 8.09. The number of hydrogen-bond donors (Lipinski definition) is 2. The highest BCUT2D eigenvalue weighted by Crippen LogP contribution is 2.18. The molecule has 23 heavy (non-hydrogen) atoms. The summed E-state index contributed by atoms with van der Waals surface area (Å²) in [4.78, 5) is 24.4. The third-order valence-electron chi connectivity index (χ3n) is 4.27. The minimum Gasteiger partial charge on any atom is -0.448 e. The van der Waals surface area contributed by atoms with Crippen LogP contribution in [0.25, 0.3) is 10.9 Å². The molecule has 0 aliphatic heterocycles. The number of para-hydroxylation sites is 1. The number of nitrogens with one attached hydrogen (secondary N) is 2. The van der Waals surface area contributed by atoms with E-state index < -0.39 is 12.1 Å². The highest BCUT2D eigenvalue weighted by Gasteiger charge is 2.24. The molecule has 6 nitrogen and oxygen atoms in total. The number of fused-ring (bicyclic) bond motifs is 1. The maximum Gasteiger partial charge on any atom is 0.360 e. The Morgan fingerprint density at radius 3 is 2.78 bits per heavy atom. The van der Waals surface area contributed by atoms with Crippen molar-refractivity contribution in [3.8, 4) is 0 Å². The van der Waals surface area contributed by atoms with Gasteiger partial charge < -0.3 is 10.1 Å². The second-order valence-electron chi connectivity index (χ2n) is 6.01. The number of rotatable bonds is 4. The molecule has 1 amide bonds. The molecule has 6 heteroatoms. The van der Waals surface area contributed by atoms with Crippen LogP contribution in [0, 0.1) is 0 Å². The number of nitrogens with zero attached hydrogens (tertiary/aromatic N) is 1. The number of hydrogen-bond acceptors (Lipinski definition) is 4. The van der Waals surface area contributed by atoms with Crippen LogP contribution in [0.1, 0.15) is 49.5 Å². The van der Waals surface area contributed by atoms with Crippen molar-refractivity contribution >= 4 is 22.8 Å². The lowest BCUT2D eigenvalue weighted by Gasteiger charge is -2.24. The molecule has 1 aliphatic rings. The van der Waals surface area contributed by atoms with E-state index in [9.17, 15) is 9.59 Å². The van der Waals surface area contributed by atoms with Gasteiger partial charge in [-0.25, -0.2) is 4.79 Å². The van der Waals surface area contributed by atoms with Crippen LogP contribution in [0.4, 0.5) is 0 Å². The van der Waals surface area contributed by atoms with Crippen LogP contribution in [0.3, 0.4) is 0 Å². The summed E-state index contributed by atoms with van der Waals surface area (Å²) in [5.41, 5.74) is 0.969. The fourth-order valence-corrected chi connectivity index (χ4v) is 2.95. The summed E-state index contributed by atoms with van der Waals surface area (Å²) in [7, 11) is 0. The summed E-state index contributed by atoms with van der Waals surface area (Å²) in [5.74, 6) is -0.834. The van der Waals surface area contributed by atoms with Gasteiger partial charge in [-0.1, -0.05) is 37.5 Å². The second kappa shape index (κ2) is 6.81. The van der Waals surface area contributed by atoms with E-state index in [-0.39, 0.29) is 17.6 Å². The standard InChI is InChI=1S/C17H21N3O3/c1-11(16(21)18-12-7-3-2-4-8-12)23-17(22)15-13-9-5-6-10-14(13)19-20-15/h5-6,9-12H,2-4,7-8H2,1H3,(H,18,21)(H,19,20). The third kappa shape index (κ3) is 3.52. The van der Waals surface area contributed by atoms with E-state index in [0.29, 0.717) is 5.39 Å². The lowest BCUT2D eigenvalue weighted by Crippen LogP contribution is -2.42. The molecule has 1 aliphatic carbocycles. The molecule has 0 saturated heterocycles. The molecule has 2 N–H and O–H groups in total. The Labute approximate surface area is 134 Å². The van der Waals surface area contributed by atoms with Crippen molar-refractivity contribution in [1.29, 1.82) is 0 Å². The predicted octanol–water partition coefficient (Wildman–Crippen LogP) is 2.56. The number of amides is 1. The molecule has 1 aromatic carbocycles. The first kappa shape index (κ1) is 15.5. The van der Waals surface area contributed by atoms with E-state index in [0.717, 1.165) is 31.2 Å². The Kier molecular flexibility index (Phi) is 4.60. The quantitative estimate of drug-likeness (QED) is 0.849. The molecule has 2 aromatic rings. The highest BCUT2D eigenvalue weighted by atomic mass is 16.5. The molecule has 0 spiro atoms. The Morgan fingerprint density at radius 2 is 2.00 bits per heavy atom. The molecule has 1 heterocycles. The molecular formula is C17H21N3O3. The van der Waals surface area contributed by atoms with Crippen molar-refractivity contribution in [2.75, 3.05) is 0 Å². The summed E-state index contributed by atoms with van der Waals surface area (Å²) >= 11 is 0. The highest BCUT2D eigenvalue weighted by molar-refractivity contribution is 6.02. The topological polar surface area (TPSA) is 84.1 Å². The van der Waals surface area contributed by atoms with Gasteiger partial charge in [-0.15, -0.1) is 0 Å². The number of benzene rings is 1. The average molecular weight is 315 g/mol. The first-order chi connectivity index (χ1) is 11.1. The molecule has 1 fully saturated rings. The predicted molar refractivity (Wildman–Crippen MR) is 86.0 cm³/mol. The lowest BCUT2D eigenvalue weighted by atomic mass is 9.95. The molecule has 3 rings (SSSR count). The van der Waals surface area contributed by atoms with E-state index in [2.05, 4.69) is 15.5 Å². The Balaban J connectivity index is 1.61. The van der Waals surface area contributed by atoms with Gasteiger partial charge in [-0.2, -0.15) is 5.10 Å². The number of esters is 1. The molecule has 0 bridgehead atoms. The SMILES string of the molecule is CC(OC(=O)c1n[nH]c2ccccc12)C(=O)NC1CCCCC1. The van der Waals surface area contributed by atoms with Gasteiger partial charge in [0.2, 0.25) is 0 Å². The molecule has 0 radical (unpaired) electrons. The van der Waals surface area contributed by atoms with Crippen molar-refractivity contribution < 1.29 is 14.3 Å². The summed E-state index contributed by atoms with van der Waals surface area (Å²) in [6, 6.07) is 7.51. The van der Waals surface area contributed by atoms with Crippen molar-refractivity contribution in [1.82, 2.24) is 15.5 Å². The van der Waals surface area contributed by atoms with E-state index in [4.69, 9.17) is 4.74 Å². The van der Waals surface area contributed by atoms with E-state index in [1.165, 1.54) is 6.42 Å². The monoisotopic (exact) mass is 315 g/mol. The number of aromatic nitrogens is 2. The minimum atomic E-state index is -0.833. The summed E-state index contributed by atoms with van der Waals surface area (Å²) in [6.45, 7) is 1.59. The van der Waals surface area contributed by atoms with Crippen LogP contribution >= 0.6 is 0 Å². The second-order valence-corrected chi connectivity index (χ2v) is 6.01. The van der Waals surface area contributed by atoms with Crippen molar-refractivity contribution in [3.63, 3.8) is 0 Å². The van der Waals surface area contributed by atoms with Crippen LogP contribution in [-0.4, -0.2) is 34.2 Å². The first-order valence-corrected chi connectivity index (χ1v) is 8.09. The van der Waals surface area contributed by atoms with Crippen LogP contribution < -0.4 is 5.32 Å². The van der Waals surface area contributed by atoms with E-state index >= 15 is 0 Å². The van der Waals surface area contributed by atoms with Crippen LogP contribution in [-0.2, 0) is 9.53 Å². The van der Waals surface area contributed by atoms with E-state index in [1.54, 1.807) is 13.0 Å². The zero-order valence-corrected chi connectivity index (χ0v) is 13.2. The number of carbonyl (C=O) groups is 2. The van der Waals surface area contributed by atoms with Crippen LogP contribution in [0.15, 0.2) is 24.3 Å². The van der Waals surface area contributed by atoms with Gasteiger partial charge >= 0.3 is 5.97 Å². The van der Waals surface area contributed by atoms with E-state index in [1.807, 2.05) is 18.2 Å². The van der Waals surface area contributed by atoms with Gasteiger partial charge in [0.25, 0.3) is 5.91 Å². The lowest BCUT2D eigenvalue weighted by molar-refractivity contribution is -0.130. The molecular weight excluding hydrogens is 294 g/mol. The van der Waals surface area contributed by atoms with Crippen molar-refractivity contribution in [3.05, 3.63) is 30.0 Å². The molecule has 1 aromatic heterocycles. The third-order valence-corrected chi connectivity index (χ3v) is 4.27. The normalized spacial score (nSPS) is 16.9. The van der Waals surface area contributed by atoms with Gasteiger partial charge in [0, 0.05) is 11.4 Å². The summed E-state index contributed by atoms with van der Waals surface area (Å²) in [6.07, 6.45) is 4.66. The molecule has 1 unspecified atom stereocenters. The molecule has 1 atom stereocenters. The molecule has 1 saturated carbocycles. The zero-order valence-electron chi connectivity index (χ0n) is 13.2.